The van der Waals surface area contributed by atoms with Crippen molar-refractivity contribution in [1.82, 2.24) is 9.88 Å². The SMILES string of the molecule is CC(C)n1cc(Br)cc1C(=O)NC(C)(C)C(=O)O. The highest BCUT2D eigenvalue weighted by molar-refractivity contribution is 9.10. The van der Waals surface area contributed by atoms with Gasteiger partial charge in [-0.15, -0.1) is 0 Å². The monoisotopic (exact) mass is 316 g/mol. The van der Waals surface area contributed by atoms with E-state index in [4.69, 9.17) is 5.11 Å². The van der Waals surface area contributed by atoms with Crippen molar-refractivity contribution in [3.8, 4) is 0 Å². The van der Waals surface area contributed by atoms with E-state index in [1.807, 2.05) is 13.8 Å². The second-order valence-electron chi connectivity index (χ2n) is 4.93. The predicted molar refractivity (Wildman–Crippen MR) is 71.7 cm³/mol. The summed E-state index contributed by atoms with van der Waals surface area (Å²) in [6.07, 6.45) is 1.80. The molecule has 0 saturated heterocycles. The number of rotatable bonds is 4. The largest absolute Gasteiger partial charge is 0.480 e. The molecule has 100 valence electrons. The second kappa shape index (κ2) is 5.14. The molecule has 0 aromatic carbocycles. The number of carbonyl (C=O) groups excluding carboxylic acids is 1. The van der Waals surface area contributed by atoms with Crippen molar-refractivity contribution < 1.29 is 14.7 Å². The summed E-state index contributed by atoms with van der Waals surface area (Å²) in [5, 5.41) is 11.5. The van der Waals surface area contributed by atoms with E-state index in [0.717, 1.165) is 4.47 Å². The Morgan fingerprint density at radius 1 is 1.44 bits per heavy atom. The molecule has 1 rings (SSSR count). The smallest absolute Gasteiger partial charge is 0.328 e. The number of hydrogen-bond donors (Lipinski definition) is 2. The van der Waals surface area contributed by atoms with Crippen LogP contribution in [0.2, 0.25) is 0 Å². The van der Waals surface area contributed by atoms with Crippen LogP contribution < -0.4 is 5.32 Å². The Bertz CT molecular complexity index is 478. The molecule has 0 spiro atoms. The molecule has 6 heteroatoms. The maximum absolute atomic E-state index is 12.1. The fourth-order valence-electron chi connectivity index (χ4n) is 1.46. The molecule has 1 amide bonds. The van der Waals surface area contributed by atoms with E-state index in [2.05, 4.69) is 21.2 Å². The van der Waals surface area contributed by atoms with Gasteiger partial charge in [0.1, 0.15) is 11.2 Å². The molecule has 0 aliphatic heterocycles. The van der Waals surface area contributed by atoms with Gasteiger partial charge in [0.2, 0.25) is 0 Å². The summed E-state index contributed by atoms with van der Waals surface area (Å²) in [4.78, 5) is 23.1. The third-order valence-corrected chi connectivity index (χ3v) is 3.00. The molecule has 0 bridgehead atoms. The van der Waals surface area contributed by atoms with E-state index >= 15 is 0 Å². The Balaban J connectivity index is 3.02. The van der Waals surface area contributed by atoms with E-state index in [0.29, 0.717) is 5.69 Å². The minimum absolute atomic E-state index is 0.116. The highest BCUT2D eigenvalue weighted by atomic mass is 79.9. The lowest BCUT2D eigenvalue weighted by atomic mass is 10.1. The van der Waals surface area contributed by atoms with E-state index in [1.54, 1.807) is 16.8 Å². The summed E-state index contributed by atoms with van der Waals surface area (Å²) in [5.74, 6) is -1.47. The Labute approximate surface area is 114 Å². The van der Waals surface area contributed by atoms with E-state index in [1.165, 1.54) is 13.8 Å². The summed E-state index contributed by atoms with van der Waals surface area (Å²) in [5.41, 5.74) is -0.860. The van der Waals surface area contributed by atoms with Gasteiger partial charge in [0.05, 0.1) is 0 Å². The Hall–Kier alpha value is -1.30. The van der Waals surface area contributed by atoms with Gasteiger partial charge < -0.3 is 15.0 Å². The topological polar surface area (TPSA) is 71.3 Å². The normalized spacial score (nSPS) is 11.7. The van der Waals surface area contributed by atoms with Gasteiger partial charge in [0.25, 0.3) is 5.91 Å². The first-order valence-electron chi connectivity index (χ1n) is 5.58. The van der Waals surface area contributed by atoms with Crippen LogP contribution in [0.5, 0.6) is 0 Å². The number of hydrogen-bond acceptors (Lipinski definition) is 2. The third-order valence-electron chi connectivity index (χ3n) is 2.56. The molecular weight excluding hydrogens is 300 g/mol. The number of halogens is 1. The summed E-state index contributed by atoms with van der Waals surface area (Å²) in [7, 11) is 0. The van der Waals surface area contributed by atoms with Gasteiger partial charge in [0.15, 0.2) is 0 Å². The van der Waals surface area contributed by atoms with Crippen molar-refractivity contribution in [1.29, 1.82) is 0 Å². The predicted octanol–water partition coefficient (Wildman–Crippen LogP) is 2.42. The number of aliphatic carboxylic acids is 1. The lowest BCUT2D eigenvalue weighted by molar-refractivity contribution is -0.143. The summed E-state index contributed by atoms with van der Waals surface area (Å²) in [6.45, 7) is 6.80. The van der Waals surface area contributed by atoms with E-state index in [9.17, 15) is 9.59 Å². The van der Waals surface area contributed by atoms with Crippen LogP contribution in [0.3, 0.4) is 0 Å². The number of carboxylic acid groups (broad SMARTS) is 1. The summed E-state index contributed by atoms with van der Waals surface area (Å²) in [6, 6.07) is 1.79. The quantitative estimate of drug-likeness (QED) is 0.896. The van der Waals surface area contributed by atoms with Crippen LogP contribution in [-0.2, 0) is 4.79 Å². The third kappa shape index (κ3) is 3.13. The minimum Gasteiger partial charge on any atom is -0.480 e. The summed E-state index contributed by atoms with van der Waals surface area (Å²) >= 11 is 3.31. The van der Waals surface area contributed by atoms with E-state index < -0.39 is 17.4 Å². The van der Waals surface area contributed by atoms with Crippen molar-refractivity contribution in [2.45, 2.75) is 39.3 Å². The summed E-state index contributed by atoms with van der Waals surface area (Å²) < 4.78 is 2.58. The number of aromatic nitrogens is 1. The average molecular weight is 317 g/mol. The molecule has 0 unspecified atom stereocenters. The molecule has 1 heterocycles. The molecule has 0 atom stereocenters. The van der Waals surface area contributed by atoms with Gasteiger partial charge in [0, 0.05) is 16.7 Å². The lowest BCUT2D eigenvalue weighted by Crippen LogP contribution is -2.50. The number of carbonyl (C=O) groups is 2. The van der Waals surface area contributed by atoms with Crippen molar-refractivity contribution in [2.75, 3.05) is 0 Å². The maximum atomic E-state index is 12.1. The van der Waals surface area contributed by atoms with Crippen molar-refractivity contribution >= 4 is 27.8 Å². The molecule has 1 aromatic rings. The first-order valence-corrected chi connectivity index (χ1v) is 6.37. The first kappa shape index (κ1) is 14.8. The molecule has 0 aliphatic carbocycles. The number of nitrogens with zero attached hydrogens (tertiary/aromatic N) is 1. The van der Waals surface area contributed by atoms with Crippen molar-refractivity contribution in [3.05, 3.63) is 22.4 Å². The van der Waals surface area contributed by atoms with Crippen molar-refractivity contribution in [3.63, 3.8) is 0 Å². The zero-order valence-corrected chi connectivity index (χ0v) is 12.4. The maximum Gasteiger partial charge on any atom is 0.328 e. The molecule has 0 radical (unpaired) electrons. The van der Waals surface area contributed by atoms with Crippen LogP contribution in [0.1, 0.15) is 44.2 Å². The average Bonchev–Trinajstić information content (AvgIpc) is 2.59. The Kier molecular flexibility index (Phi) is 4.21. The second-order valence-corrected chi connectivity index (χ2v) is 5.84. The Morgan fingerprint density at radius 3 is 2.44 bits per heavy atom. The molecule has 0 aliphatic rings. The van der Waals surface area contributed by atoms with Gasteiger partial charge in [-0.2, -0.15) is 0 Å². The van der Waals surface area contributed by atoms with Gasteiger partial charge in [-0.25, -0.2) is 4.79 Å². The minimum atomic E-state index is -1.30. The van der Waals surface area contributed by atoms with Crippen LogP contribution in [0.15, 0.2) is 16.7 Å². The van der Waals surface area contributed by atoms with Gasteiger partial charge in [-0.3, -0.25) is 4.79 Å². The number of nitrogens with one attached hydrogen (secondary N) is 1. The Morgan fingerprint density at radius 2 is 2.00 bits per heavy atom. The van der Waals surface area contributed by atoms with Gasteiger partial charge in [-0.1, -0.05) is 0 Å². The lowest BCUT2D eigenvalue weighted by Gasteiger charge is -2.22. The molecule has 18 heavy (non-hydrogen) atoms. The van der Waals surface area contributed by atoms with Crippen LogP contribution in [0, 0.1) is 0 Å². The molecule has 0 saturated carbocycles. The van der Waals surface area contributed by atoms with Crippen LogP contribution in [0.25, 0.3) is 0 Å². The highest BCUT2D eigenvalue weighted by Gasteiger charge is 2.30. The fraction of sp³-hybridized carbons (Fsp3) is 0.500. The standard InChI is InChI=1S/C12H17BrN2O3/c1-7(2)15-6-8(13)5-9(15)10(16)14-12(3,4)11(17)18/h5-7H,1-4H3,(H,14,16)(H,17,18). The molecule has 1 aromatic heterocycles. The fourth-order valence-corrected chi connectivity index (χ4v) is 1.89. The molecule has 0 fully saturated rings. The zero-order chi connectivity index (χ0) is 14.1. The highest BCUT2D eigenvalue weighted by Crippen LogP contribution is 2.20. The molecular formula is C12H17BrN2O3. The van der Waals surface area contributed by atoms with Gasteiger partial charge in [-0.05, 0) is 49.7 Å². The van der Waals surface area contributed by atoms with E-state index in [-0.39, 0.29) is 6.04 Å². The number of amides is 1. The molecule has 2 N–H and O–H groups in total. The first-order chi connectivity index (χ1) is 8.15. The van der Waals surface area contributed by atoms with Gasteiger partial charge >= 0.3 is 5.97 Å². The molecule has 5 nitrogen and oxygen atoms in total. The van der Waals surface area contributed by atoms with Crippen LogP contribution in [-0.4, -0.2) is 27.1 Å². The zero-order valence-electron chi connectivity index (χ0n) is 10.8. The van der Waals surface area contributed by atoms with Crippen LogP contribution >= 0.6 is 15.9 Å². The van der Waals surface area contributed by atoms with Crippen molar-refractivity contribution in [2.24, 2.45) is 0 Å². The number of carboxylic acids is 1. The van der Waals surface area contributed by atoms with Crippen LogP contribution in [0.4, 0.5) is 0 Å².